The second-order valence-corrected chi connectivity index (χ2v) is 5.55. The van der Waals surface area contributed by atoms with E-state index < -0.39 is 0 Å². The maximum absolute atomic E-state index is 12.2. The fourth-order valence-corrected chi connectivity index (χ4v) is 2.57. The number of nitrogens with zero attached hydrogens (tertiary/aromatic N) is 2. The summed E-state index contributed by atoms with van der Waals surface area (Å²) in [6, 6.07) is 0.174. The zero-order chi connectivity index (χ0) is 13.8. The smallest absolute Gasteiger partial charge is 0.242 e. The zero-order valence-electron chi connectivity index (χ0n) is 11.8. The van der Waals surface area contributed by atoms with Crippen LogP contribution in [0.3, 0.4) is 0 Å². The first-order valence-electron chi connectivity index (χ1n) is 7.07. The van der Waals surface area contributed by atoms with Gasteiger partial charge in [-0.2, -0.15) is 0 Å². The van der Waals surface area contributed by atoms with Crippen LogP contribution in [0.5, 0.6) is 0 Å². The Hall–Kier alpha value is -1.14. The number of likely N-dealkylation sites (tertiary alicyclic amines) is 1. The molecule has 6 heteroatoms. The summed E-state index contributed by atoms with van der Waals surface area (Å²) in [7, 11) is 1.70. The molecule has 2 atom stereocenters. The van der Waals surface area contributed by atoms with Gasteiger partial charge in [-0.3, -0.25) is 9.59 Å². The number of carbonyl (C=O) groups is 2. The molecule has 2 unspecified atom stereocenters. The molecule has 0 bridgehead atoms. The number of piperazine rings is 1. The molecule has 2 fully saturated rings. The number of likely N-dealkylation sites (N-methyl/N-ethyl adjacent to an activating group) is 1. The van der Waals surface area contributed by atoms with Crippen LogP contribution in [-0.2, 0) is 9.59 Å². The average Bonchev–Trinajstić information content (AvgIpc) is 2.92. The third-order valence-electron chi connectivity index (χ3n) is 3.85. The minimum absolute atomic E-state index is 0.00746. The first-order chi connectivity index (χ1) is 9.08. The molecule has 0 saturated carbocycles. The van der Waals surface area contributed by atoms with Crippen LogP contribution >= 0.6 is 0 Å². The Morgan fingerprint density at radius 2 is 1.89 bits per heavy atom. The average molecular weight is 268 g/mol. The third kappa shape index (κ3) is 3.67. The van der Waals surface area contributed by atoms with Crippen molar-refractivity contribution in [2.24, 2.45) is 0 Å². The molecule has 2 aliphatic rings. The van der Waals surface area contributed by atoms with Crippen LogP contribution in [0.25, 0.3) is 0 Å². The van der Waals surface area contributed by atoms with Gasteiger partial charge in [-0.15, -0.1) is 0 Å². The van der Waals surface area contributed by atoms with Gasteiger partial charge < -0.3 is 20.4 Å². The summed E-state index contributed by atoms with van der Waals surface area (Å²) in [4.78, 5) is 27.6. The highest BCUT2D eigenvalue weighted by molar-refractivity contribution is 5.87. The topological polar surface area (TPSA) is 64.7 Å². The predicted molar refractivity (Wildman–Crippen MR) is 72.7 cm³/mol. The van der Waals surface area contributed by atoms with Gasteiger partial charge in [-0.25, -0.2) is 0 Å². The summed E-state index contributed by atoms with van der Waals surface area (Å²) >= 11 is 0. The summed E-state index contributed by atoms with van der Waals surface area (Å²) in [5.41, 5.74) is 0. The lowest BCUT2D eigenvalue weighted by Gasteiger charge is -2.31. The van der Waals surface area contributed by atoms with Crippen molar-refractivity contribution in [1.82, 2.24) is 20.4 Å². The summed E-state index contributed by atoms with van der Waals surface area (Å²) in [6.07, 6.45) is 2.16. The Morgan fingerprint density at radius 3 is 2.47 bits per heavy atom. The van der Waals surface area contributed by atoms with Gasteiger partial charge in [-0.1, -0.05) is 0 Å². The quantitative estimate of drug-likeness (QED) is 0.690. The first kappa shape index (κ1) is 14.3. The molecule has 6 nitrogen and oxygen atoms in total. The van der Waals surface area contributed by atoms with Gasteiger partial charge in [0.05, 0.1) is 12.6 Å². The van der Waals surface area contributed by atoms with Crippen molar-refractivity contribution >= 4 is 11.8 Å². The van der Waals surface area contributed by atoms with Crippen LogP contribution in [0.2, 0.25) is 0 Å². The van der Waals surface area contributed by atoms with Gasteiger partial charge in [0.1, 0.15) is 0 Å². The molecule has 2 rings (SSSR count). The van der Waals surface area contributed by atoms with Gasteiger partial charge in [0, 0.05) is 39.3 Å². The molecule has 2 amide bonds. The molecule has 0 aromatic heterocycles. The van der Waals surface area contributed by atoms with E-state index in [1.54, 1.807) is 7.05 Å². The van der Waals surface area contributed by atoms with Crippen molar-refractivity contribution in [2.45, 2.75) is 31.8 Å². The Balaban J connectivity index is 1.80. The molecular formula is C13H24N4O2. The standard InChI is InChI=1S/C13H24N4O2/c1-10-7-15-11(8-14-10)13(19)16(2)9-12(18)17-5-3-4-6-17/h10-11,14-15H,3-9H2,1-2H3. The fraction of sp³-hybridized carbons (Fsp3) is 0.846. The lowest BCUT2D eigenvalue weighted by molar-refractivity contribution is -0.140. The van der Waals surface area contributed by atoms with E-state index in [-0.39, 0.29) is 24.4 Å². The van der Waals surface area contributed by atoms with E-state index in [2.05, 4.69) is 17.6 Å². The maximum atomic E-state index is 12.2. The van der Waals surface area contributed by atoms with Gasteiger partial charge in [0.2, 0.25) is 11.8 Å². The summed E-state index contributed by atoms with van der Waals surface area (Å²) < 4.78 is 0. The van der Waals surface area contributed by atoms with E-state index in [1.165, 1.54) is 4.90 Å². The highest BCUT2D eigenvalue weighted by atomic mass is 16.2. The van der Waals surface area contributed by atoms with Gasteiger partial charge in [0.25, 0.3) is 0 Å². The van der Waals surface area contributed by atoms with E-state index >= 15 is 0 Å². The molecule has 0 spiro atoms. The number of amides is 2. The number of rotatable bonds is 3. The molecule has 0 aromatic carbocycles. The van der Waals surface area contributed by atoms with Crippen molar-refractivity contribution in [3.63, 3.8) is 0 Å². The van der Waals surface area contributed by atoms with Crippen molar-refractivity contribution in [3.05, 3.63) is 0 Å². The third-order valence-corrected chi connectivity index (χ3v) is 3.85. The lowest BCUT2D eigenvalue weighted by Crippen LogP contribution is -2.59. The van der Waals surface area contributed by atoms with Crippen LogP contribution in [0.15, 0.2) is 0 Å². The van der Waals surface area contributed by atoms with E-state index in [0.717, 1.165) is 32.5 Å². The first-order valence-corrected chi connectivity index (χ1v) is 7.07. The number of nitrogens with one attached hydrogen (secondary N) is 2. The van der Waals surface area contributed by atoms with Crippen molar-refractivity contribution in [2.75, 3.05) is 39.8 Å². The molecule has 0 aromatic rings. The van der Waals surface area contributed by atoms with Crippen molar-refractivity contribution < 1.29 is 9.59 Å². The Bertz CT molecular complexity index is 334. The monoisotopic (exact) mass is 268 g/mol. The number of hydrogen-bond acceptors (Lipinski definition) is 4. The van der Waals surface area contributed by atoms with Gasteiger partial charge in [-0.05, 0) is 19.8 Å². The van der Waals surface area contributed by atoms with Gasteiger partial charge >= 0.3 is 0 Å². The predicted octanol–water partition coefficient (Wildman–Crippen LogP) is -0.983. The second kappa shape index (κ2) is 6.34. The highest BCUT2D eigenvalue weighted by Crippen LogP contribution is 2.08. The van der Waals surface area contributed by atoms with Gasteiger partial charge in [0.15, 0.2) is 0 Å². The minimum atomic E-state index is -0.215. The Kier molecular flexibility index (Phi) is 4.76. The molecule has 2 saturated heterocycles. The zero-order valence-corrected chi connectivity index (χ0v) is 11.8. The van der Waals surface area contributed by atoms with Crippen LogP contribution in [0.1, 0.15) is 19.8 Å². The molecule has 108 valence electrons. The summed E-state index contributed by atoms with van der Waals surface area (Å²) in [6.45, 7) is 5.34. The number of hydrogen-bond donors (Lipinski definition) is 2. The largest absolute Gasteiger partial charge is 0.341 e. The normalized spacial score (nSPS) is 27.4. The van der Waals surface area contributed by atoms with Crippen LogP contribution in [0.4, 0.5) is 0 Å². The van der Waals surface area contributed by atoms with Crippen molar-refractivity contribution in [1.29, 1.82) is 0 Å². The molecule has 2 N–H and O–H groups in total. The van der Waals surface area contributed by atoms with E-state index in [0.29, 0.717) is 12.6 Å². The molecule has 0 radical (unpaired) electrons. The SMILES string of the molecule is CC1CNC(C(=O)N(C)CC(=O)N2CCCC2)CN1. The fourth-order valence-electron chi connectivity index (χ4n) is 2.57. The minimum Gasteiger partial charge on any atom is -0.341 e. The molecule has 2 aliphatic heterocycles. The van der Waals surface area contributed by atoms with Crippen LogP contribution in [-0.4, -0.2) is 73.5 Å². The molecule has 0 aliphatic carbocycles. The summed E-state index contributed by atoms with van der Waals surface area (Å²) in [5, 5.41) is 6.48. The van der Waals surface area contributed by atoms with E-state index in [9.17, 15) is 9.59 Å². The Morgan fingerprint density at radius 1 is 1.21 bits per heavy atom. The van der Waals surface area contributed by atoms with Crippen molar-refractivity contribution in [3.8, 4) is 0 Å². The lowest BCUT2D eigenvalue weighted by atomic mass is 10.1. The molecule has 2 heterocycles. The number of carbonyl (C=O) groups excluding carboxylic acids is 2. The van der Waals surface area contributed by atoms with E-state index in [1.807, 2.05) is 4.90 Å². The van der Waals surface area contributed by atoms with E-state index in [4.69, 9.17) is 0 Å². The molecule has 19 heavy (non-hydrogen) atoms. The maximum Gasteiger partial charge on any atom is 0.242 e. The van der Waals surface area contributed by atoms with Crippen LogP contribution in [0, 0.1) is 0 Å². The second-order valence-electron chi connectivity index (χ2n) is 5.55. The highest BCUT2D eigenvalue weighted by Gasteiger charge is 2.28. The summed E-state index contributed by atoms with van der Waals surface area (Å²) in [5.74, 6) is 0.0532. The molecular weight excluding hydrogens is 244 g/mol. The Labute approximate surface area is 114 Å². The van der Waals surface area contributed by atoms with Crippen LogP contribution < -0.4 is 10.6 Å².